The molecular weight excluding hydrogens is 252 g/mol. The molecule has 0 aromatic heterocycles. The van der Waals surface area contributed by atoms with Crippen molar-refractivity contribution in [3.05, 3.63) is 0 Å². The number of carboxylic acids is 1. The van der Waals surface area contributed by atoms with E-state index in [0.29, 0.717) is 0 Å². The zero-order valence-corrected chi connectivity index (χ0v) is 11.8. The van der Waals surface area contributed by atoms with Gasteiger partial charge in [-0.3, -0.25) is 4.79 Å². The second-order valence-corrected chi connectivity index (χ2v) is 5.61. The Kier molecular flexibility index (Phi) is 4.75. The van der Waals surface area contributed by atoms with Crippen LogP contribution in [0.5, 0.6) is 0 Å². The molecule has 2 amide bonds. The van der Waals surface area contributed by atoms with Crippen molar-refractivity contribution in [1.29, 1.82) is 0 Å². The zero-order valence-electron chi connectivity index (χ0n) is 11.8. The van der Waals surface area contributed by atoms with Crippen molar-refractivity contribution in [2.75, 3.05) is 33.9 Å². The number of hydrogen-bond donors (Lipinski definition) is 2. The summed E-state index contributed by atoms with van der Waals surface area (Å²) in [5.74, 6) is -1.67. The maximum absolute atomic E-state index is 12.2. The first kappa shape index (κ1) is 15.7. The number of hydrogen-bond acceptors (Lipinski definition) is 4. The van der Waals surface area contributed by atoms with Gasteiger partial charge in [0.15, 0.2) is 0 Å². The first-order valence-electron chi connectivity index (χ1n) is 6.14. The lowest BCUT2D eigenvalue weighted by Gasteiger charge is -2.33. The predicted octanol–water partition coefficient (Wildman–Crippen LogP) is -0.159. The van der Waals surface area contributed by atoms with Gasteiger partial charge in [-0.25, -0.2) is 4.79 Å². The van der Waals surface area contributed by atoms with Crippen LogP contribution in [0.1, 0.15) is 13.8 Å². The summed E-state index contributed by atoms with van der Waals surface area (Å²) in [5.41, 5.74) is -0.996. The molecule has 1 heterocycles. The fourth-order valence-electron chi connectivity index (χ4n) is 2.22. The Morgan fingerprint density at radius 3 is 2.37 bits per heavy atom. The summed E-state index contributed by atoms with van der Waals surface area (Å²) in [5, 5.41) is 18.8. The van der Waals surface area contributed by atoms with Gasteiger partial charge in [0.2, 0.25) is 0 Å². The molecule has 1 aliphatic rings. The molecule has 0 saturated carbocycles. The third-order valence-corrected chi connectivity index (χ3v) is 3.12. The summed E-state index contributed by atoms with van der Waals surface area (Å²) >= 11 is 0. The van der Waals surface area contributed by atoms with E-state index in [-0.39, 0.29) is 25.8 Å². The number of likely N-dealkylation sites (N-methyl/N-ethyl adjacent to an activating group) is 2. The van der Waals surface area contributed by atoms with Crippen LogP contribution in [-0.4, -0.2) is 77.5 Å². The molecule has 2 N–H and O–H groups in total. The van der Waals surface area contributed by atoms with Crippen molar-refractivity contribution in [1.82, 2.24) is 9.80 Å². The summed E-state index contributed by atoms with van der Waals surface area (Å²) in [6.45, 7) is 3.72. The first-order valence-corrected chi connectivity index (χ1v) is 6.14. The Balaban J connectivity index is 2.68. The van der Waals surface area contributed by atoms with E-state index in [4.69, 9.17) is 9.84 Å². The third kappa shape index (κ3) is 4.07. The quantitative estimate of drug-likeness (QED) is 0.743. The molecule has 1 saturated heterocycles. The van der Waals surface area contributed by atoms with E-state index >= 15 is 0 Å². The predicted molar refractivity (Wildman–Crippen MR) is 67.8 cm³/mol. The molecular formula is C12H22N2O5. The SMILES string of the molecule is CN(CC(C)(C)O)C(=O)N(C)C1COCC1C(=O)O. The molecule has 110 valence electrons. The highest BCUT2D eigenvalue weighted by molar-refractivity contribution is 5.77. The van der Waals surface area contributed by atoms with E-state index in [1.54, 1.807) is 27.9 Å². The molecule has 7 heteroatoms. The molecule has 0 aromatic rings. The Labute approximate surface area is 112 Å². The normalized spacial score (nSPS) is 23.2. The van der Waals surface area contributed by atoms with Crippen LogP contribution in [0.25, 0.3) is 0 Å². The van der Waals surface area contributed by atoms with Crippen molar-refractivity contribution < 1.29 is 24.5 Å². The number of rotatable bonds is 4. The lowest BCUT2D eigenvalue weighted by molar-refractivity contribution is -0.142. The Morgan fingerprint density at radius 2 is 1.89 bits per heavy atom. The van der Waals surface area contributed by atoms with Gasteiger partial charge < -0.3 is 24.7 Å². The van der Waals surface area contributed by atoms with E-state index in [1.807, 2.05) is 0 Å². The van der Waals surface area contributed by atoms with Crippen molar-refractivity contribution in [2.45, 2.75) is 25.5 Å². The molecule has 0 spiro atoms. The fraction of sp³-hybridized carbons (Fsp3) is 0.833. The van der Waals surface area contributed by atoms with Crippen molar-refractivity contribution in [3.63, 3.8) is 0 Å². The Morgan fingerprint density at radius 1 is 1.32 bits per heavy atom. The molecule has 0 aliphatic carbocycles. The monoisotopic (exact) mass is 274 g/mol. The van der Waals surface area contributed by atoms with Gasteiger partial charge >= 0.3 is 12.0 Å². The van der Waals surface area contributed by atoms with E-state index in [0.717, 1.165) is 0 Å². The summed E-state index contributed by atoms with van der Waals surface area (Å²) in [4.78, 5) is 26.0. The number of urea groups is 1. The number of amides is 2. The molecule has 1 fully saturated rings. The van der Waals surface area contributed by atoms with Gasteiger partial charge in [0.1, 0.15) is 5.92 Å². The van der Waals surface area contributed by atoms with Crippen molar-refractivity contribution in [3.8, 4) is 0 Å². The molecule has 0 bridgehead atoms. The highest BCUT2D eigenvalue weighted by Gasteiger charge is 2.39. The van der Waals surface area contributed by atoms with Crippen LogP contribution < -0.4 is 0 Å². The van der Waals surface area contributed by atoms with Crippen LogP contribution in [-0.2, 0) is 9.53 Å². The molecule has 0 aromatic carbocycles. The highest BCUT2D eigenvalue weighted by Crippen LogP contribution is 2.20. The van der Waals surface area contributed by atoms with E-state index in [2.05, 4.69) is 0 Å². The fourth-order valence-corrected chi connectivity index (χ4v) is 2.22. The van der Waals surface area contributed by atoms with E-state index < -0.39 is 23.5 Å². The maximum Gasteiger partial charge on any atom is 0.319 e. The lowest BCUT2D eigenvalue weighted by atomic mass is 10.0. The summed E-state index contributed by atoms with van der Waals surface area (Å²) in [6, 6.07) is -0.807. The Hall–Kier alpha value is -1.34. The van der Waals surface area contributed by atoms with Crippen LogP contribution in [0.15, 0.2) is 0 Å². The molecule has 1 aliphatic heterocycles. The molecule has 2 unspecified atom stereocenters. The van der Waals surface area contributed by atoms with Gasteiger partial charge in [0.25, 0.3) is 0 Å². The first-order chi connectivity index (χ1) is 8.63. The maximum atomic E-state index is 12.2. The average Bonchev–Trinajstić information content (AvgIpc) is 2.73. The summed E-state index contributed by atoms with van der Waals surface area (Å²) < 4.78 is 5.14. The zero-order chi connectivity index (χ0) is 14.8. The highest BCUT2D eigenvalue weighted by atomic mass is 16.5. The number of ether oxygens (including phenoxy) is 1. The molecule has 2 atom stereocenters. The summed E-state index contributed by atoms with van der Waals surface area (Å²) in [7, 11) is 3.13. The minimum atomic E-state index is -0.996. The average molecular weight is 274 g/mol. The second-order valence-electron chi connectivity index (χ2n) is 5.61. The number of carbonyl (C=O) groups is 2. The second kappa shape index (κ2) is 5.75. The van der Waals surface area contributed by atoms with Crippen molar-refractivity contribution >= 4 is 12.0 Å². The van der Waals surface area contributed by atoms with Gasteiger partial charge in [0, 0.05) is 14.1 Å². The van der Waals surface area contributed by atoms with Gasteiger partial charge in [-0.15, -0.1) is 0 Å². The molecule has 1 rings (SSSR count). The molecule has 7 nitrogen and oxygen atoms in total. The minimum absolute atomic E-state index is 0.118. The van der Waals surface area contributed by atoms with Crippen LogP contribution in [0.4, 0.5) is 4.79 Å². The van der Waals surface area contributed by atoms with Gasteiger partial charge in [-0.1, -0.05) is 0 Å². The van der Waals surface area contributed by atoms with Crippen molar-refractivity contribution in [2.24, 2.45) is 5.92 Å². The smallest absolute Gasteiger partial charge is 0.319 e. The van der Waals surface area contributed by atoms with Crippen LogP contribution in [0.2, 0.25) is 0 Å². The van der Waals surface area contributed by atoms with E-state index in [1.165, 1.54) is 9.80 Å². The number of nitrogens with zero attached hydrogens (tertiary/aromatic N) is 2. The van der Waals surface area contributed by atoms with Crippen LogP contribution in [0.3, 0.4) is 0 Å². The number of carboxylic acid groups (broad SMARTS) is 1. The summed E-state index contributed by atoms with van der Waals surface area (Å²) in [6.07, 6.45) is 0. The largest absolute Gasteiger partial charge is 0.481 e. The molecule has 0 radical (unpaired) electrons. The van der Waals surface area contributed by atoms with Gasteiger partial charge in [-0.05, 0) is 13.8 Å². The van der Waals surface area contributed by atoms with E-state index in [9.17, 15) is 14.7 Å². The topological polar surface area (TPSA) is 90.3 Å². The van der Waals surface area contributed by atoms with Gasteiger partial charge in [0.05, 0.1) is 31.4 Å². The molecule has 19 heavy (non-hydrogen) atoms. The van der Waals surface area contributed by atoms with Crippen LogP contribution >= 0.6 is 0 Å². The van der Waals surface area contributed by atoms with Crippen LogP contribution in [0, 0.1) is 5.92 Å². The number of aliphatic carboxylic acids is 1. The van der Waals surface area contributed by atoms with Gasteiger partial charge in [-0.2, -0.15) is 0 Å². The standard InChI is InChI=1S/C12H22N2O5/c1-12(2,18)7-13(3)11(17)14(4)9-6-19-5-8(9)10(15)16/h8-9,18H,5-7H2,1-4H3,(H,15,16). The number of aliphatic hydroxyl groups is 1. The Bertz CT molecular complexity index is 353. The third-order valence-electron chi connectivity index (χ3n) is 3.12. The minimum Gasteiger partial charge on any atom is -0.481 e. The number of carbonyl (C=O) groups excluding carboxylic acids is 1. The lowest BCUT2D eigenvalue weighted by Crippen LogP contribution is -2.51.